The van der Waals surface area contributed by atoms with Crippen molar-refractivity contribution in [1.29, 1.82) is 0 Å². The van der Waals surface area contributed by atoms with E-state index in [4.69, 9.17) is 22.4 Å². The lowest BCUT2D eigenvalue weighted by Gasteiger charge is -2.07. The van der Waals surface area contributed by atoms with Crippen molar-refractivity contribution < 1.29 is 9.90 Å². The Balaban J connectivity index is 2.64. The summed E-state index contributed by atoms with van der Waals surface area (Å²) in [5, 5.41) is 9.14. The minimum Gasteiger partial charge on any atom is -0.481 e. The van der Waals surface area contributed by atoms with Crippen LogP contribution in [0.25, 0.3) is 0 Å². The second kappa shape index (κ2) is 4.77. The van der Waals surface area contributed by atoms with Gasteiger partial charge in [0, 0.05) is 22.2 Å². The maximum Gasteiger partial charge on any atom is 0.303 e. The zero-order valence-corrected chi connectivity index (χ0v) is 9.36. The van der Waals surface area contributed by atoms with E-state index >= 15 is 0 Å². The Morgan fingerprint density at radius 2 is 2.43 bits per heavy atom. The molecule has 1 aromatic rings. The van der Waals surface area contributed by atoms with Crippen LogP contribution in [0.1, 0.15) is 28.6 Å². The van der Waals surface area contributed by atoms with E-state index in [1.165, 1.54) is 11.3 Å². The fraction of sp³-hybridized carbons (Fsp3) is 0.444. The van der Waals surface area contributed by atoms with Crippen molar-refractivity contribution in [2.45, 2.75) is 25.8 Å². The van der Waals surface area contributed by atoms with Gasteiger partial charge in [-0.05, 0) is 19.4 Å². The third kappa shape index (κ3) is 2.97. The van der Waals surface area contributed by atoms with Gasteiger partial charge in [-0.1, -0.05) is 11.6 Å². The van der Waals surface area contributed by atoms with Crippen LogP contribution in [0.4, 0.5) is 0 Å². The molecular weight excluding hydrogens is 222 g/mol. The number of carbonyl (C=O) groups is 1. The summed E-state index contributed by atoms with van der Waals surface area (Å²) in [5.74, 6) is -0.829. The Morgan fingerprint density at radius 1 is 1.79 bits per heavy atom. The molecule has 0 amide bonds. The number of carboxylic acid groups (broad SMARTS) is 1. The number of hydrogen-bond donors (Lipinski definition) is 2. The van der Waals surface area contributed by atoms with Crippen molar-refractivity contribution in [2.24, 2.45) is 5.73 Å². The van der Waals surface area contributed by atoms with Crippen molar-refractivity contribution in [2.75, 3.05) is 0 Å². The van der Waals surface area contributed by atoms with E-state index in [0.29, 0.717) is 11.4 Å². The SMILES string of the molecule is Cc1cc(Cl)c(C(N)CCC(=O)O)s1. The molecule has 0 fully saturated rings. The van der Waals surface area contributed by atoms with Crippen LogP contribution in [-0.4, -0.2) is 11.1 Å². The predicted octanol–water partition coefficient (Wildman–Crippen LogP) is 2.57. The lowest BCUT2D eigenvalue weighted by molar-refractivity contribution is -0.137. The molecule has 0 saturated heterocycles. The van der Waals surface area contributed by atoms with E-state index in [9.17, 15) is 4.79 Å². The van der Waals surface area contributed by atoms with Gasteiger partial charge in [-0.15, -0.1) is 11.3 Å². The number of nitrogens with two attached hydrogens (primary N) is 1. The molecule has 1 atom stereocenters. The average molecular weight is 234 g/mol. The highest BCUT2D eigenvalue weighted by Gasteiger charge is 2.14. The summed E-state index contributed by atoms with van der Waals surface area (Å²) in [5.41, 5.74) is 5.82. The summed E-state index contributed by atoms with van der Waals surface area (Å²) in [6, 6.07) is 1.58. The van der Waals surface area contributed by atoms with Crippen molar-refractivity contribution in [1.82, 2.24) is 0 Å². The maximum atomic E-state index is 10.3. The first-order valence-corrected chi connectivity index (χ1v) is 5.43. The monoisotopic (exact) mass is 233 g/mol. The fourth-order valence-corrected chi connectivity index (χ4v) is 2.60. The Morgan fingerprint density at radius 3 is 2.86 bits per heavy atom. The molecule has 5 heteroatoms. The molecule has 78 valence electrons. The van der Waals surface area contributed by atoms with Crippen LogP contribution >= 0.6 is 22.9 Å². The maximum absolute atomic E-state index is 10.3. The fourth-order valence-electron chi connectivity index (χ4n) is 1.16. The standard InChI is InChI=1S/C9H12ClNO2S/c1-5-4-6(10)9(14-5)7(11)2-3-8(12)13/h4,7H,2-3,11H2,1H3,(H,12,13). The first-order chi connectivity index (χ1) is 6.50. The van der Waals surface area contributed by atoms with E-state index in [-0.39, 0.29) is 12.5 Å². The topological polar surface area (TPSA) is 63.3 Å². The van der Waals surface area contributed by atoms with Gasteiger partial charge in [0.15, 0.2) is 0 Å². The summed E-state index contributed by atoms with van der Waals surface area (Å²) in [6.45, 7) is 1.95. The van der Waals surface area contributed by atoms with E-state index in [2.05, 4.69) is 0 Å². The van der Waals surface area contributed by atoms with Crippen LogP contribution in [0.3, 0.4) is 0 Å². The Kier molecular flexibility index (Phi) is 3.92. The molecule has 1 heterocycles. The van der Waals surface area contributed by atoms with Gasteiger partial charge in [0.05, 0.1) is 5.02 Å². The van der Waals surface area contributed by atoms with E-state index < -0.39 is 5.97 Å². The number of halogens is 1. The number of rotatable bonds is 4. The third-order valence-electron chi connectivity index (χ3n) is 1.84. The smallest absolute Gasteiger partial charge is 0.303 e. The summed E-state index contributed by atoms with van der Waals surface area (Å²) in [4.78, 5) is 12.3. The Hall–Kier alpha value is -0.580. The zero-order chi connectivity index (χ0) is 10.7. The van der Waals surface area contributed by atoms with Crippen LogP contribution < -0.4 is 5.73 Å². The minimum atomic E-state index is -0.829. The Bertz CT molecular complexity index is 338. The highest BCUT2D eigenvalue weighted by Crippen LogP contribution is 2.32. The van der Waals surface area contributed by atoms with Gasteiger partial charge in [-0.2, -0.15) is 0 Å². The molecule has 0 spiro atoms. The molecule has 0 aliphatic heterocycles. The normalized spacial score (nSPS) is 12.8. The van der Waals surface area contributed by atoms with Gasteiger partial charge < -0.3 is 10.8 Å². The van der Waals surface area contributed by atoms with Gasteiger partial charge in [0.2, 0.25) is 0 Å². The average Bonchev–Trinajstić information content (AvgIpc) is 2.41. The van der Waals surface area contributed by atoms with Crippen LogP contribution in [0.2, 0.25) is 5.02 Å². The van der Waals surface area contributed by atoms with Crippen molar-refractivity contribution in [3.8, 4) is 0 Å². The molecule has 1 rings (SSSR count). The summed E-state index contributed by atoms with van der Waals surface area (Å²) in [6.07, 6.45) is 0.503. The quantitative estimate of drug-likeness (QED) is 0.840. The van der Waals surface area contributed by atoms with Crippen LogP contribution in [0, 0.1) is 6.92 Å². The number of thiophene rings is 1. The molecule has 0 aliphatic rings. The van der Waals surface area contributed by atoms with Crippen molar-refractivity contribution >= 4 is 28.9 Å². The van der Waals surface area contributed by atoms with Crippen molar-refractivity contribution in [3.05, 3.63) is 20.8 Å². The molecular formula is C9H12ClNO2S. The molecule has 3 nitrogen and oxygen atoms in total. The molecule has 14 heavy (non-hydrogen) atoms. The van der Waals surface area contributed by atoms with Gasteiger partial charge in [0.25, 0.3) is 0 Å². The number of hydrogen-bond acceptors (Lipinski definition) is 3. The van der Waals surface area contributed by atoms with Crippen molar-refractivity contribution in [3.63, 3.8) is 0 Å². The highest BCUT2D eigenvalue weighted by molar-refractivity contribution is 7.12. The lowest BCUT2D eigenvalue weighted by Crippen LogP contribution is -2.11. The second-order valence-electron chi connectivity index (χ2n) is 3.11. The lowest BCUT2D eigenvalue weighted by atomic mass is 10.1. The molecule has 1 aromatic heterocycles. The predicted molar refractivity (Wildman–Crippen MR) is 57.9 cm³/mol. The van der Waals surface area contributed by atoms with Crippen LogP contribution in [-0.2, 0) is 4.79 Å². The summed E-state index contributed by atoms with van der Waals surface area (Å²) >= 11 is 7.46. The van der Waals surface area contributed by atoms with E-state index in [0.717, 1.165) is 9.75 Å². The van der Waals surface area contributed by atoms with Gasteiger partial charge in [0.1, 0.15) is 0 Å². The largest absolute Gasteiger partial charge is 0.481 e. The number of aryl methyl sites for hydroxylation is 1. The van der Waals surface area contributed by atoms with Gasteiger partial charge >= 0.3 is 5.97 Å². The van der Waals surface area contributed by atoms with Gasteiger partial charge in [-0.25, -0.2) is 0 Å². The van der Waals surface area contributed by atoms with Gasteiger partial charge in [-0.3, -0.25) is 4.79 Å². The van der Waals surface area contributed by atoms with Crippen LogP contribution in [0.15, 0.2) is 6.07 Å². The minimum absolute atomic E-state index is 0.0778. The number of aliphatic carboxylic acids is 1. The van der Waals surface area contributed by atoms with E-state index in [1.54, 1.807) is 0 Å². The van der Waals surface area contributed by atoms with Crippen LogP contribution in [0.5, 0.6) is 0 Å². The number of carboxylic acids is 1. The summed E-state index contributed by atoms with van der Waals surface area (Å²) < 4.78 is 0. The molecule has 0 aromatic carbocycles. The van der Waals surface area contributed by atoms with E-state index in [1.807, 2.05) is 13.0 Å². The Labute approximate surface area is 91.5 Å². The third-order valence-corrected chi connectivity index (χ3v) is 3.45. The molecule has 0 aliphatic carbocycles. The molecule has 3 N–H and O–H groups in total. The highest BCUT2D eigenvalue weighted by atomic mass is 35.5. The first kappa shape index (κ1) is 11.5. The molecule has 0 bridgehead atoms. The first-order valence-electron chi connectivity index (χ1n) is 4.24. The molecule has 1 unspecified atom stereocenters. The summed E-state index contributed by atoms with van der Waals surface area (Å²) in [7, 11) is 0. The second-order valence-corrected chi connectivity index (χ2v) is 4.80. The molecule has 0 radical (unpaired) electrons. The zero-order valence-electron chi connectivity index (χ0n) is 7.79. The molecule has 0 saturated carbocycles.